The topological polar surface area (TPSA) is 55.9 Å². The molecule has 3 N–H and O–H groups in total. The van der Waals surface area contributed by atoms with Gasteiger partial charge in [0.2, 0.25) is 0 Å². The van der Waals surface area contributed by atoms with Gasteiger partial charge in [0.1, 0.15) is 0 Å². The molecule has 1 aromatic carbocycles. The zero-order chi connectivity index (χ0) is 13.1. The highest BCUT2D eigenvalue weighted by atomic mass is 35.5. The summed E-state index contributed by atoms with van der Waals surface area (Å²) in [6.07, 6.45) is 2.49. The molecule has 0 saturated carbocycles. The maximum absolute atomic E-state index is 6.24. The Morgan fingerprint density at radius 1 is 1.44 bits per heavy atom. The van der Waals surface area contributed by atoms with Crippen molar-refractivity contribution < 1.29 is 0 Å². The summed E-state index contributed by atoms with van der Waals surface area (Å²) >= 11 is 6.24. The number of nitrogens with two attached hydrogens (primary N) is 1. The Kier molecular flexibility index (Phi) is 4.01. The van der Waals surface area contributed by atoms with E-state index in [-0.39, 0.29) is 6.04 Å². The third-order valence-electron chi connectivity index (χ3n) is 3.05. The summed E-state index contributed by atoms with van der Waals surface area (Å²) in [4.78, 5) is 0. The predicted molar refractivity (Wildman–Crippen MR) is 73.2 cm³/mol. The summed E-state index contributed by atoms with van der Waals surface area (Å²) in [6.45, 7) is 2.02. The van der Waals surface area contributed by atoms with Crippen LogP contribution in [0, 0.1) is 6.92 Å². The standard InChI is InChI=1S/C13H17ClN4/c1-9-3-4-10(11(14)7-9)8-12(17-15)13-5-6-16-18(13)2/h3-7,12,17H,8,15H2,1-2H3. The molecule has 0 aliphatic carbocycles. The Bertz CT molecular complexity index is 536. The van der Waals surface area contributed by atoms with Gasteiger partial charge in [0.25, 0.3) is 0 Å². The van der Waals surface area contributed by atoms with Crippen LogP contribution >= 0.6 is 11.6 Å². The van der Waals surface area contributed by atoms with Gasteiger partial charge in [0, 0.05) is 18.3 Å². The number of halogens is 1. The molecule has 1 heterocycles. The molecule has 2 rings (SSSR count). The fourth-order valence-corrected chi connectivity index (χ4v) is 2.32. The van der Waals surface area contributed by atoms with Crippen molar-refractivity contribution in [2.75, 3.05) is 0 Å². The van der Waals surface area contributed by atoms with Crippen LogP contribution in [-0.4, -0.2) is 9.78 Å². The van der Waals surface area contributed by atoms with E-state index in [2.05, 4.69) is 16.6 Å². The minimum Gasteiger partial charge on any atom is -0.271 e. The molecule has 96 valence electrons. The van der Waals surface area contributed by atoms with Crippen molar-refractivity contribution in [1.82, 2.24) is 15.2 Å². The second-order valence-corrected chi connectivity index (χ2v) is 4.81. The lowest BCUT2D eigenvalue weighted by Gasteiger charge is -2.17. The van der Waals surface area contributed by atoms with Crippen molar-refractivity contribution >= 4 is 11.6 Å². The first kappa shape index (κ1) is 13.1. The lowest BCUT2D eigenvalue weighted by molar-refractivity contribution is 0.508. The number of hydrogen-bond donors (Lipinski definition) is 2. The van der Waals surface area contributed by atoms with E-state index in [9.17, 15) is 0 Å². The summed E-state index contributed by atoms with van der Waals surface area (Å²) in [6, 6.07) is 8.01. The van der Waals surface area contributed by atoms with Crippen molar-refractivity contribution in [3.8, 4) is 0 Å². The molecule has 0 spiro atoms. The van der Waals surface area contributed by atoms with E-state index < -0.39 is 0 Å². The quantitative estimate of drug-likeness (QED) is 0.657. The van der Waals surface area contributed by atoms with Crippen LogP contribution in [0.3, 0.4) is 0 Å². The first-order chi connectivity index (χ1) is 8.61. The first-order valence-electron chi connectivity index (χ1n) is 5.81. The molecule has 0 saturated heterocycles. The third kappa shape index (κ3) is 2.72. The number of benzene rings is 1. The first-order valence-corrected chi connectivity index (χ1v) is 6.18. The minimum atomic E-state index is -0.00212. The molecule has 2 aromatic rings. The average molecular weight is 265 g/mol. The zero-order valence-electron chi connectivity index (χ0n) is 10.5. The zero-order valence-corrected chi connectivity index (χ0v) is 11.3. The molecule has 0 radical (unpaired) electrons. The molecule has 1 unspecified atom stereocenters. The van der Waals surface area contributed by atoms with Gasteiger partial charge in [-0.25, -0.2) is 0 Å². The molecule has 0 aliphatic heterocycles. The van der Waals surface area contributed by atoms with Crippen LogP contribution in [0.15, 0.2) is 30.5 Å². The highest BCUT2D eigenvalue weighted by molar-refractivity contribution is 6.31. The lowest BCUT2D eigenvalue weighted by Crippen LogP contribution is -2.31. The Balaban J connectivity index is 2.23. The largest absolute Gasteiger partial charge is 0.271 e. The van der Waals surface area contributed by atoms with Crippen LogP contribution in [0.2, 0.25) is 5.02 Å². The molecule has 0 fully saturated rings. The number of nitrogens with zero attached hydrogens (tertiary/aromatic N) is 2. The Hall–Kier alpha value is -1.36. The summed E-state index contributed by atoms with van der Waals surface area (Å²) in [7, 11) is 1.90. The smallest absolute Gasteiger partial charge is 0.0669 e. The molecular weight excluding hydrogens is 248 g/mol. The Morgan fingerprint density at radius 2 is 2.22 bits per heavy atom. The highest BCUT2D eigenvalue weighted by Crippen LogP contribution is 2.23. The van der Waals surface area contributed by atoms with E-state index in [1.165, 1.54) is 0 Å². The number of aryl methyl sites for hydroxylation is 2. The SMILES string of the molecule is Cc1ccc(CC(NN)c2ccnn2C)c(Cl)c1. The van der Waals surface area contributed by atoms with Crippen molar-refractivity contribution in [2.24, 2.45) is 12.9 Å². The van der Waals surface area contributed by atoms with E-state index in [0.29, 0.717) is 0 Å². The van der Waals surface area contributed by atoms with E-state index >= 15 is 0 Å². The number of nitrogens with one attached hydrogen (secondary N) is 1. The molecule has 0 aliphatic rings. The summed E-state index contributed by atoms with van der Waals surface area (Å²) in [5, 5.41) is 4.93. The van der Waals surface area contributed by atoms with E-state index in [4.69, 9.17) is 17.4 Å². The summed E-state index contributed by atoms with van der Waals surface area (Å²) in [5.74, 6) is 5.63. The van der Waals surface area contributed by atoms with E-state index in [1.54, 1.807) is 6.20 Å². The fourth-order valence-electron chi connectivity index (χ4n) is 2.01. The van der Waals surface area contributed by atoms with Gasteiger partial charge in [0.15, 0.2) is 0 Å². The van der Waals surface area contributed by atoms with Crippen LogP contribution in [0.1, 0.15) is 22.9 Å². The second kappa shape index (κ2) is 5.52. The van der Waals surface area contributed by atoms with Gasteiger partial charge >= 0.3 is 0 Å². The van der Waals surface area contributed by atoms with E-state index in [0.717, 1.165) is 28.3 Å². The Labute approximate surface area is 112 Å². The van der Waals surface area contributed by atoms with Gasteiger partial charge in [-0.2, -0.15) is 5.10 Å². The van der Waals surface area contributed by atoms with Gasteiger partial charge in [-0.05, 0) is 36.6 Å². The van der Waals surface area contributed by atoms with Crippen LogP contribution < -0.4 is 11.3 Å². The third-order valence-corrected chi connectivity index (χ3v) is 3.40. The van der Waals surface area contributed by atoms with Gasteiger partial charge in [0.05, 0.1) is 11.7 Å². The summed E-state index contributed by atoms with van der Waals surface area (Å²) < 4.78 is 1.81. The molecule has 5 heteroatoms. The second-order valence-electron chi connectivity index (χ2n) is 4.40. The monoisotopic (exact) mass is 264 g/mol. The lowest BCUT2D eigenvalue weighted by atomic mass is 10.0. The van der Waals surface area contributed by atoms with Gasteiger partial charge in [-0.3, -0.25) is 16.0 Å². The van der Waals surface area contributed by atoms with Gasteiger partial charge in [-0.15, -0.1) is 0 Å². The maximum atomic E-state index is 6.24. The molecule has 1 aromatic heterocycles. The van der Waals surface area contributed by atoms with Crippen molar-refractivity contribution in [1.29, 1.82) is 0 Å². The Morgan fingerprint density at radius 3 is 2.78 bits per heavy atom. The number of hydrogen-bond acceptors (Lipinski definition) is 3. The van der Waals surface area contributed by atoms with Crippen molar-refractivity contribution in [2.45, 2.75) is 19.4 Å². The normalized spacial score (nSPS) is 12.7. The van der Waals surface area contributed by atoms with Gasteiger partial charge < -0.3 is 0 Å². The number of rotatable bonds is 4. The molecule has 18 heavy (non-hydrogen) atoms. The number of hydrazine groups is 1. The minimum absolute atomic E-state index is 0.00212. The van der Waals surface area contributed by atoms with Crippen molar-refractivity contribution in [3.63, 3.8) is 0 Å². The van der Waals surface area contributed by atoms with Crippen LogP contribution in [0.4, 0.5) is 0 Å². The molecular formula is C13H17ClN4. The molecule has 4 nitrogen and oxygen atoms in total. The van der Waals surface area contributed by atoms with Crippen LogP contribution in [-0.2, 0) is 13.5 Å². The number of aromatic nitrogens is 2. The highest BCUT2D eigenvalue weighted by Gasteiger charge is 2.15. The molecule has 0 amide bonds. The van der Waals surface area contributed by atoms with Crippen LogP contribution in [0.25, 0.3) is 0 Å². The van der Waals surface area contributed by atoms with Crippen molar-refractivity contribution in [3.05, 3.63) is 52.3 Å². The van der Waals surface area contributed by atoms with Gasteiger partial charge in [-0.1, -0.05) is 23.7 Å². The fraction of sp³-hybridized carbons (Fsp3) is 0.308. The predicted octanol–water partition coefficient (Wildman–Crippen LogP) is 2.13. The molecule has 0 bridgehead atoms. The maximum Gasteiger partial charge on any atom is 0.0669 e. The summed E-state index contributed by atoms with van der Waals surface area (Å²) in [5.41, 5.74) is 6.08. The molecule has 1 atom stereocenters. The van der Waals surface area contributed by atoms with Crippen LogP contribution in [0.5, 0.6) is 0 Å². The van der Waals surface area contributed by atoms with E-state index in [1.807, 2.05) is 36.9 Å². The average Bonchev–Trinajstić information content (AvgIpc) is 2.75.